The largest absolute Gasteiger partial charge is 0.478 e. The van der Waals surface area contributed by atoms with Gasteiger partial charge in [0.1, 0.15) is 10.7 Å². The van der Waals surface area contributed by atoms with Crippen molar-refractivity contribution in [1.29, 1.82) is 0 Å². The fraction of sp³-hybridized carbons (Fsp3) is 0.0556. The van der Waals surface area contributed by atoms with Crippen LogP contribution in [0.4, 0.5) is 24.5 Å². The molecule has 0 spiro atoms. The van der Waals surface area contributed by atoms with Crippen LogP contribution in [0.2, 0.25) is 5.02 Å². The molecule has 2 amide bonds. The molecule has 1 aliphatic heterocycles. The molecule has 0 saturated heterocycles. The highest BCUT2D eigenvalue weighted by atomic mass is 35.5. The average Bonchev–Trinajstić information content (AvgIpc) is 2.85. The predicted molar refractivity (Wildman–Crippen MR) is 98.9 cm³/mol. The van der Waals surface area contributed by atoms with Crippen molar-refractivity contribution in [2.75, 3.05) is 10.2 Å². The lowest BCUT2D eigenvalue weighted by Gasteiger charge is -2.18. The Morgan fingerprint density at radius 2 is 1.69 bits per heavy atom. The summed E-state index contributed by atoms with van der Waals surface area (Å²) in [7, 11) is 0. The van der Waals surface area contributed by atoms with Crippen LogP contribution in [0.5, 0.6) is 0 Å². The molecule has 1 aliphatic rings. The summed E-state index contributed by atoms with van der Waals surface area (Å²) in [5.74, 6) is -3.49. The molecule has 29 heavy (non-hydrogen) atoms. The number of benzene rings is 2. The number of nitrogens with zero attached hydrogens (tertiary/aromatic N) is 1. The first-order chi connectivity index (χ1) is 13.5. The number of carbonyl (C=O) groups is 3. The van der Waals surface area contributed by atoms with Crippen LogP contribution in [0, 0.1) is 0 Å². The van der Waals surface area contributed by atoms with Gasteiger partial charge in [0, 0.05) is 0 Å². The highest BCUT2D eigenvalue weighted by Crippen LogP contribution is 2.39. The topological polar surface area (TPSA) is 86.7 Å². The molecule has 0 fully saturated rings. The summed E-state index contributed by atoms with van der Waals surface area (Å²) in [5, 5.41) is 10.8. The Balaban J connectivity index is 2.02. The van der Waals surface area contributed by atoms with Gasteiger partial charge in [-0.2, -0.15) is 13.2 Å². The van der Waals surface area contributed by atoms with Gasteiger partial charge in [0.15, 0.2) is 0 Å². The number of alkyl halides is 3. The third-order valence-corrected chi connectivity index (χ3v) is 4.63. The first-order valence-corrected chi connectivity index (χ1v) is 8.52. The number of hydrogen-bond donors (Lipinski definition) is 2. The van der Waals surface area contributed by atoms with Gasteiger partial charge >= 0.3 is 12.1 Å². The molecule has 0 saturated carbocycles. The molecule has 3 rings (SSSR count). The zero-order valence-electron chi connectivity index (χ0n) is 14.1. The predicted octanol–water partition coefficient (Wildman–Crippen LogP) is 4.49. The number of aromatic carboxylic acids is 1. The average molecular weight is 445 g/mol. The molecular formula is C18H9Cl2F3N2O4. The van der Waals surface area contributed by atoms with Gasteiger partial charge in [-0.3, -0.25) is 9.59 Å². The van der Waals surface area contributed by atoms with Crippen molar-refractivity contribution in [3.8, 4) is 0 Å². The molecule has 150 valence electrons. The maximum Gasteiger partial charge on any atom is 0.416 e. The lowest BCUT2D eigenvalue weighted by molar-refractivity contribution is -0.137. The van der Waals surface area contributed by atoms with Crippen LogP contribution in [0.3, 0.4) is 0 Å². The molecule has 2 aromatic carbocycles. The molecule has 0 unspecified atom stereocenters. The summed E-state index contributed by atoms with van der Waals surface area (Å²) in [4.78, 5) is 36.9. The van der Waals surface area contributed by atoms with Gasteiger partial charge in [-0.1, -0.05) is 35.3 Å². The first-order valence-electron chi connectivity index (χ1n) is 7.77. The quantitative estimate of drug-likeness (QED) is 0.678. The van der Waals surface area contributed by atoms with E-state index >= 15 is 0 Å². The van der Waals surface area contributed by atoms with Crippen LogP contribution in [0.15, 0.2) is 53.2 Å². The second-order valence-corrected chi connectivity index (χ2v) is 6.56. The van der Waals surface area contributed by atoms with E-state index in [1.165, 1.54) is 24.3 Å². The summed E-state index contributed by atoms with van der Waals surface area (Å²) in [6.45, 7) is 0. The van der Waals surface area contributed by atoms with Crippen molar-refractivity contribution in [2.24, 2.45) is 0 Å². The molecule has 2 N–H and O–H groups in total. The normalized spacial score (nSPS) is 14.6. The number of carboxylic acids is 1. The fourth-order valence-electron chi connectivity index (χ4n) is 2.60. The Morgan fingerprint density at radius 3 is 2.31 bits per heavy atom. The molecule has 6 nitrogen and oxygen atoms in total. The summed E-state index contributed by atoms with van der Waals surface area (Å²) < 4.78 is 39.0. The SMILES string of the molecule is O=C(O)c1ccccc1NC1=C(Cl)C(=O)N(c2cc(C(F)(F)F)ccc2Cl)C1=O. The number of hydrogen-bond acceptors (Lipinski definition) is 4. The highest BCUT2D eigenvalue weighted by Gasteiger charge is 2.41. The van der Waals surface area contributed by atoms with Gasteiger partial charge in [-0.25, -0.2) is 9.69 Å². The smallest absolute Gasteiger partial charge is 0.416 e. The lowest BCUT2D eigenvalue weighted by atomic mass is 10.1. The van der Waals surface area contributed by atoms with Crippen LogP contribution in [0.1, 0.15) is 15.9 Å². The van der Waals surface area contributed by atoms with E-state index < -0.39 is 45.9 Å². The molecule has 0 aromatic heterocycles. The van der Waals surface area contributed by atoms with Crippen LogP contribution >= 0.6 is 23.2 Å². The van der Waals surface area contributed by atoms with Gasteiger partial charge in [-0.05, 0) is 30.3 Å². The van der Waals surface area contributed by atoms with E-state index in [0.717, 1.165) is 6.07 Å². The minimum atomic E-state index is -4.73. The van der Waals surface area contributed by atoms with Crippen LogP contribution in [0.25, 0.3) is 0 Å². The second-order valence-electron chi connectivity index (χ2n) is 5.77. The van der Waals surface area contributed by atoms with Crippen molar-refractivity contribution in [3.63, 3.8) is 0 Å². The van der Waals surface area contributed by atoms with E-state index in [4.69, 9.17) is 23.2 Å². The third kappa shape index (κ3) is 3.79. The minimum absolute atomic E-state index is 0.0358. The molecule has 1 heterocycles. The summed E-state index contributed by atoms with van der Waals surface area (Å²) in [5.41, 5.74) is -2.35. The molecule has 0 radical (unpaired) electrons. The molecular weight excluding hydrogens is 436 g/mol. The molecule has 0 bridgehead atoms. The third-order valence-electron chi connectivity index (χ3n) is 3.96. The molecule has 0 aliphatic carbocycles. The Bertz CT molecular complexity index is 1080. The van der Waals surface area contributed by atoms with Crippen LogP contribution in [-0.2, 0) is 15.8 Å². The summed E-state index contributed by atoms with van der Waals surface area (Å²) in [6.07, 6.45) is -4.73. The highest BCUT2D eigenvalue weighted by molar-refractivity contribution is 6.53. The number of rotatable bonds is 4. The number of nitrogens with one attached hydrogen (secondary N) is 1. The van der Waals surface area contributed by atoms with Crippen molar-refractivity contribution in [1.82, 2.24) is 0 Å². The molecule has 2 aromatic rings. The summed E-state index contributed by atoms with van der Waals surface area (Å²) in [6, 6.07) is 7.66. The first kappa shape index (κ1) is 20.7. The van der Waals surface area contributed by atoms with Crippen LogP contribution < -0.4 is 10.2 Å². The molecule has 11 heteroatoms. The van der Waals surface area contributed by atoms with E-state index in [1.807, 2.05) is 0 Å². The Kier molecular flexibility index (Phi) is 5.29. The number of para-hydroxylation sites is 1. The lowest BCUT2D eigenvalue weighted by Crippen LogP contribution is -2.33. The Labute approximate surface area is 171 Å². The van der Waals surface area contributed by atoms with Gasteiger partial charge in [0.25, 0.3) is 11.8 Å². The van der Waals surface area contributed by atoms with Crippen molar-refractivity contribution < 1.29 is 32.7 Å². The fourth-order valence-corrected chi connectivity index (χ4v) is 3.02. The van der Waals surface area contributed by atoms with E-state index in [1.54, 1.807) is 0 Å². The van der Waals surface area contributed by atoms with E-state index in [2.05, 4.69) is 5.32 Å². The number of imide groups is 1. The zero-order valence-corrected chi connectivity index (χ0v) is 15.6. The monoisotopic (exact) mass is 444 g/mol. The summed E-state index contributed by atoms with van der Waals surface area (Å²) >= 11 is 11.8. The van der Waals surface area contributed by atoms with E-state index in [-0.39, 0.29) is 16.3 Å². The molecule has 0 atom stereocenters. The van der Waals surface area contributed by atoms with Crippen molar-refractivity contribution in [3.05, 3.63) is 69.3 Å². The minimum Gasteiger partial charge on any atom is -0.478 e. The standard InChI is InChI=1S/C18H9Cl2F3N2O4/c19-10-6-5-8(18(21,22)23)7-12(10)25-15(26)13(20)14(16(25)27)24-11-4-2-1-3-9(11)17(28)29/h1-7,24H,(H,28,29). The van der Waals surface area contributed by atoms with E-state index in [9.17, 15) is 32.7 Å². The van der Waals surface area contributed by atoms with E-state index in [0.29, 0.717) is 17.0 Å². The number of anilines is 2. The van der Waals surface area contributed by atoms with Crippen molar-refractivity contribution in [2.45, 2.75) is 6.18 Å². The Morgan fingerprint density at radius 1 is 1.03 bits per heavy atom. The van der Waals surface area contributed by atoms with Gasteiger partial charge in [0.05, 0.1) is 27.5 Å². The van der Waals surface area contributed by atoms with Gasteiger partial charge in [-0.15, -0.1) is 0 Å². The second kappa shape index (κ2) is 7.41. The van der Waals surface area contributed by atoms with Gasteiger partial charge < -0.3 is 10.4 Å². The number of carbonyl (C=O) groups excluding carboxylic acids is 2. The van der Waals surface area contributed by atoms with Crippen molar-refractivity contribution >= 4 is 52.4 Å². The maximum absolute atomic E-state index is 13.0. The Hall–Kier alpha value is -3.04. The number of carboxylic acid groups (broad SMARTS) is 1. The number of amides is 2. The van der Waals surface area contributed by atoms with Crippen LogP contribution in [-0.4, -0.2) is 22.9 Å². The zero-order chi connectivity index (χ0) is 21.5. The number of halogens is 5. The van der Waals surface area contributed by atoms with Gasteiger partial charge in [0.2, 0.25) is 0 Å². The maximum atomic E-state index is 13.0.